The maximum absolute atomic E-state index is 11.9. The number of hydrogen-bond acceptors (Lipinski definition) is 5. The second-order valence-electron chi connectivity index (χ2n) is 6.57. The molecular formula is C19H27N5O3S2. The Morgan fingerprint density at radius 1 is 1.10 bits per heavy atom. The predicted octanol–water partition coefficient (Wildman–Crippen LogP) is 1.28. The van der Waals surface area contributed by atoms with Crippen molar-refractivity contribution in [1.82, 2.24) is 15.5 Å². The van der Waals surface area contributed by atoms with Crippen LogP contribution in [0.25, 0.3) is 0 Å². The molecular weight excluding hydrogens is 410 g/mol. The average molecular weight is 438 g/mol. The third-order valence-corrected chi connectivity index (χ3v) is 6.23. The highest BCUT2D eigenvalue weighted by Gasteiger charge is 2.08. The number of carbonyl (C=O) groups is 1. The molecule has 2 rings (SSSR count). The molecule has 158 valence electrons. The van der Waals surface area contributed by atoms with E-state index in [9.17, 15) is 13.2 Å². The molecule has 1 amide bonds. The molecule has 10 heteroatoms. The third kappa shape index (κ3) is 7.48. The lowest BCUT2D eigenvalue weighted by Crippen LogP contribution is -2.42. The van der Waals surface area contributed by atoms with Crippen molar-refractivity contribution in [2.24, 2.45) is 10.1 Å². The van der Waals surface area contributed by atoms with Crippen molar-refractivity contribution >= 4 is 33.2 Å². The Labute approximate surface area is 175 Å². The summed E-state index contributed by atoms with van der Waals surface area (Å²) in [4.78, 5) is 20.4. The van der Waals surface area contributed by atoms with Gasteiger partial charge in [0.2, 0.25) is 15.9 Å². The summed E-state index contributed by atoms with van der Waals surface area (Å²) in [5.41, 5.74) is 0.821. The highest BCUT2D eigenvalue weighted by molar-refractivity contribution is 7.89. The molecule has 0 fully saturated rings. The van der Waals surface area contributed by atoms with Gasteiger partial charge in [-0.05, 0) is 36.2 Å². The highest BCUT2D eigenvalue weighted by atomic mass is 32.2. The van der Waals surface area contributed by atoms with Crippen LogP contribution in [0, 0.1) is 0 Å². The third-order valence-electron chi connectivity index (χ3n) is 4.07. The van der Waals surface area contributed by atoms with Crippen molar-refractivity contribution < 1.29 is 13.2 Å². The second kappa shape index (κ2) is 10.4. The first-order chi connectivity index (χ1) is 13.7. The molecule has 0 saturated carbocycles. The van der Waals surface area contributed by atoms with Crippen LogP contribution in [0.2, 0.25) is 0 Å². The molecule has 29 heavy (non-hydrogen) atoms. The van der Waals surface area contributed by atoms with Crippen LogP contribution in [0.3, 0.4) is 0 Å². The van der Waals surface area contributed by atoms with Crippen LogP contribution < -0.4 is 15.8 Å². The maximum Gasteiger partial charge on any atom is 0.241 e. The van der Waals surface area contributed by atoms with Crippen molar-refractivity contribution in [3.05, 3.63) is 51.7 Å². The Balaban J connectivity index is 2.06. The van der Waals surface area contributed by atoms with Crippen LogP contribution in [0.4, 0.5) is 0 Å². The summed E-state index contributed by atoms with van der Waals surface area (Å²) in [7, 11) is -0.331. The molecule has 0 atom stereocenters. The fourth-order valence-corrected chi connectivity index (χ4v) is 3.74. The van der Waals surface area contributed by atoms with Gasteiger partial charge in [0.25, 0.3) is 0 Å². The molecule has 1 aromatic carbocycles. The van der Waals surface area contributed by atoms with Crippen molar-refractivity contribution in [1.29, 1.82) is 0 Å². The number of nitrogens with one attached hydrogen (secondary N) is 2. The number of hydrogen-bond donors (Lipinski definition) is 3. The molecule has 1 aromatic heterocycles. The van der Waals surface area contributed by atoms with Gasteiger partial charge in [-0.3, -0.25) is 4.79 Å². The molecule has 0 saturated heterocycles. The number of nitrogens with two attached hydrogens (primary N) is 1. The molecule has 1 heterocycles. The molecule has 0 radical (unpaired) electrons. The van der Waals surface area contributed by atoms with Gasteiger partial charge in [0.05, 0.1) is 24.5 Å². The number of sulfonamides is 1. The Morgan fingerprint density at radius 2 is 1.76 bits per heavy atom. The number of primary sulfonamides is 1. The summed E-state index contributed by atoms with van der Waals surface area (Å²) in [6, 6.07) is 10.4. The minimum absolute atomic E-state index is 0.0581. The fourth-order valence-electron chi connectivity index (χ4n) is 2.32. The lowest BCUT2D eigenvalue weighted by molar-refractivity contribution is -0.127. The molecule has 4 N–H and O–H groups in total. The zero-order valence-electron chi connectivity index (χ0n) is 16.8. The largest absolute Gasteiger partial charge is 0.351 e. The molecule has 0 bridgehead atoms. The van der Waals surface area contributed by atoms with E-state index in [-0.39, 0.29) is 17.3 Å². The van der Waals surface area contributed by atoms with Gasteiger partial charge < -0.3 is 15.5 Å². The van der Waals surface area contributed by atoms with E-state index >= 15 is 0 Å². The zero-order chi connectivity index (χ0) is 21.4. The molecule has 2 aromatic rings. The smallest absolute Gasteiger partial charge is 0.241 e. The summed E-state index contributed by atoms with van der Waals surface area (Å²) < 4.78 is 22.7. The second-order valence-corrected chi connectivity index (χ2v) is 9.38. The van der Waals surface area contributed by atoms with Crippen molar-refractivity contribution in [2.45, 2.75) is 31.3 Å². The van der Waals surface area contributed by atoms with Gasteiger partial charge in [-0.1, -0.05) is 19.1 Å². The molecule has 8 nitrogen and oxygen atoms in total. The first-order valence-electron chi connectivity index (χ1n) is 9.10. The van der Waals surface area contributed by atoms with Crippen LogP contribution in [0.1, 0.15) is 22.2 Å². The van der Waals surface area contributed by atoms with Crippen molar-refractivity contribution in [3.8, 4) is 0 Å². The van der Waals surface area contributed by atoms with Gasteiger partial charge in [-0.25, -0.2) is 18.5 Å². The number of thiophene rings is 1. The van der Waals surface area contributed by atoms with Crippen LogP contribution in [0.15, 0.2) is 46.3 Å². The maximum atomic E-state index is 11.9. The van der Waals surface area contributed by atoms with E-state index in [1.54, 1.807) is 37.6 Å². The van der Waals surface area contributed by atoms with Gasteiger partial charge >= 0.3 is 0 Å². The fraction of sp³-hybridized carbons (Fsp3) is 0.368. The monoisotopic (exact) mass is 437 g/mol. The number of carbonyl (C=O) groups excluding carboxylic acids is 1. The topological polar surface area (TPSA) is 117 Å². The van der Waals surface area contributed by atoms with Gasteiger partial charge in [-0.15, -0.1) is 11.3 Å². The van der Waals surface area contributed by atoms with E-state index in [0.29, 0.717) is 19.0 Å². The first-order valence-corrected chi connectivity index (χ1v) is 11.5. The van der Waals surface area contributed by atoms with E-state index < -0.39 is 10.0 Å². The van der Waals surface area contributed by atoms with E-state index in [2.05, 4.69) is 34.7 Å². The SMILES string of the molecule is CCc1ccc(CNC(=NCc2ccc(S(N)(=O)=O)cc2)NCC(=O)N(C)C)s1. The minimum atomic E-state index is -3.72. The van der Waals surface area contributed by atoms with Crippen LogP contribution >= 0.6 is 11.3 Å². The van der Waals surface area contributed by atoms with Gasteiger partial charge in [0.15, 0.2) is 5.96 Å². The minimum Gasteiger partial charge on any atom is -0.351 e. The Morgan fingerprint density at radius 3 is 2.31 bits per heavy atom. The van der Waals surface area contributed by atoms with E-state index in [4.69, 9.17) is 5.14 Å². The summed E-state index contributed by atoms with van der Waals surface area (Å²) >= 11 is 1.73. The molecule has 0 aliphatic heterocycles. The standard InChI is InChI=1S/C19H27N5O3S2/c1-4-15-7-8-16(28-15)12-22-19(23-13-18(25)24(2)3)21-11-14-5-9-17(10-6-14)29(20,26)27/h5-10H,4,11-13H2,1-3H3,(H2,20,26,27)(H2,21,22,23). The number of aryl methyl sites for hydroxylation is 1. The Bertz CT molecular complexity index is 950. The number of benzene rings is 1. The Hall–Kier alpha value is -2.43. The molecule has 0 aliphatic rings. The number of guanidine groups is 1. The lowest BCUT2D eigenvalue weighted by Gasteiger charge is -2.14. The average Bonchev–Trinajstić information content (AvgIpc) is 3.14. The van der Waals surface area contributed by atoms with E-state index in [0.717, 1.165) is 12.0 Å². The Kier molecular flexibility index (Phi) is 8.18. The van der Waals surface area contributed by atoms with Gasteiger partial charge in [0.1, 0.15) is 0 Å². The van der Waals surface area contributed by atoms with Crippen molar-refractivity contribution in [3.63, 3.8) is 0 Å². The van der Waals surface area contributed by atoms with Crippen LogP contribution in [0.5, 0.6) is 0 Å². The van der Waals surface area contributed by atoms with Gasteiger partial charge in [0, 0.05) is 23.8 Å². The normalized spacial score (nSPS) is 11.9. The number of nitrogens with zero attached hydrogens (tertiary/aromatic N) is 2. The lowest BCUT2D eigenvalue weighted by atomic mass is 10.2. The number of likely N-dealkylation sites (N-methyl/N-ethyl adjacent to an activating group) is 1. The van der Waals surface area contributed by atoms with Gasteiger partial charge in [-0.2, -0.15) is 0 Å². The highest BCUT2D eigenvalue weighted by Crippen LogP contribution is 2.16. The van der Waals surface area contributed by atoms with Crippen molar-refractivity contribution in [2.75, 3.05) is 20.6 Å². The summed E-state index contributed by atoms with van der Waals surface area (Å²) in [5.74, 6) is 0.434. The summed E-state index contributed by atoms with van der Waals surface area (Å²) in [6.07, 6.45) is 0.996. The quantitative estimate of drug-likeness (QED) is 0.425. The molecule has 0 unspecified atom stereocenters. The molecule has 0 aliphatic carbocycles. The van der Waals surface area contributed by atoms with E-state index in [1.165, 1.54) is 26.8 Å². The number of aliphatic imine (C=N–C) groups is 1. The zero-order valence-corrected chi connectivity index (χ0v) is 18.4. The molecule has 0 spiro atoms. The van der Waals surface area contributed by atoms with Crippen LogP contribution in [-0.4, -0.2) is 45.8 Å². The summed E-state index contributed by atoms with van der Waals surface area (Å²) in [5, 5.41) is 11.4. The first kappa shape index (κ1) is 22.9. The van der Waals surface area contributed by atoms with Crippen LogP contribution in [-0.2, 0) is 34.3 Å². The van der Waals surface area contributed by atoms with E-state index in [1.807, 2.05) is 0 Å². The number of amides is 1. The summed E-state index contributed by atoms with van der Waals surface area (Å²) in [6.45, 7) is 3.15. The number of rotatable bonds is 8. The predicted molar refractivity (Wildman–Crippen MR) is 116 cm³/mol.